The average Bonchev–Trinajstić information content (AvgIpc) is 2.37. The van der Waals surface area contributed by atoms with Gasteiger partial charge in [0, 0.05) is 25.2 Å². The van der Waals surface area contributed by atoms with Gasteiger partial charge in [0.2, 0.25) is 0 Å². The van der Waals surface area contributed by atoms with Crippen molar-refractivity contribution in [2.75, 3.05) is 43.1 Å². The third-order valence-electron chi connectivity index (χ3n) is 2.64. The van der Waals surface area contributed by atoms with Crippen LogP contribution >= 0.6 is 0 Å². The lowest BCUT2D eigenvalue weighted by Crippen LogP contribution is -2.31. The molecule has 18 heavy (non-hydrogen) atoms. The van der Waals surface area contributed by atoms with Crippen LogP contribution in [0.5, 0.6) is 0 Å². The fourth-order valence-corrected chi connectivity index (χ4v) is 1.75. The Bertz CT molecular complexity index is 354. The molecule has 0 saturated heterocycles. The highest BCUT2D eigenvalue weighted by atomic mass is 16.3. The predicted octanol–water partition coefficient (Wildman–Crippen LogP) is 0.398. The Balaban J connectivity index is 2.91. The van der Waals surface area contributed by atoms with E-state index in [1.807, 2.05) is 11.8 Å². The SMILES string of the molecule is CCCNc1ncnc(N(CCO)CCO)c1C. The van der Waals surface area contributed by atoms with Gasteiger partial charge in [-0.2, -0.15) is 0 Å². The molecule has 1 aromatic heterocycles. The summed E-state index contributed by atoms with van der Waals surface area (Å²) in [5.41, 5.74) is 0.938. The number of nitrogens with zero attached hydrogens (tertiary/aromatic N) is 3. The zero-order valence-electron chi connectivity index (χ0n) is 11.1. The van der Waals surface area contributed by atoms with Crippen molar-refractivity contribution in [3.05, 3.63) is 11.9 Å². The Morgan fingerprint density at radius 1 is 1.22 bits per heavy atom. The monoisotopic (exact) mass is 254 g/mol. The topological polar surface area (TPSA) is 81.5 Å². The molecule has 0 amide bonds. The Morgan fingerprint density at radius 2 is 1.89 bits per heavy atom. The van der Waals surface area contributed by atoms with Crippen LogP contribution in [-0.2, 0) is 0 Å². The number of aliphatic hydroxyl groups excluding tert-OH is 2. The Morgan fingerprint density at radius 3 is 2.44 bits per heavy atom. The van der Waals surface area contributed by atoms with Crippen LogP contribution in [0.3, 0.4) is 0 Å². The Hall–Kier alpha value is -1.40. The van der Waals surface area contributed by atoms with Crippen molar-refractivity contribution in [3.63, 3.8) is 0 Å². The molecule has 0 spiro atoms. The van der Waals surface area contributed by atoms with Crippen molar-refractivity contribution >= 4 is 11.6 Å². The van der Waals surface area contributed by atoms with E-state index in [0.717, 1.165) is 30.2 Å². The summed E-state index contributed by atoms with van der Waals surface area (Å²) in [5.74, 6) is 1.56. The molecule has 0 radical (unpaired) electrons. The summed E-state index contributed by atoms with van der Waals surface area (Å²) in [6.07, 6.45) is 2.53. The highest BCUT2D eigenvalue weighted by Crippen LogP contribution is 2.21. The van der Waals surface area contributed by atoms with Crippen LogP contribution < -0.4 is 10.2 Å². The molecule has 0 aliphatic heterocycles. The first-order valence-corrected chi connectivity index (χ1v) is 6.26. The molecule has 1 aromatic rings. The molecule has 0 aliphatic rings. The minimum absolute atomic E-state index is 0.0289. The van der Waals surface area contributed by atoms with Gasteiger partial charge in [-0.25, -0.2) is 9.97 Å². The first-order valence-electron chi connectivity index (χ1n) is 6.26. The van der Waals surface area contributed by atoms with Gasteiger partial charge in [0.15, 0.2) is 0 Å². The maximum atomic E-state index is 9.04. The highest BCUT2D eigenvalue weighted by Gasteiger charge is 2.13. The molecule has 3 N–H and O–H groups in total. The summed E-state index contributed by atoms with van der Waals surface area (Å²) in [6.45, 7) is 5.85. The minimum Gasteiger partial charge on any atom is -0.395 e. The van der Waals surface area contributed by atoms with Crippen LogP contribution in [0, 0.1) is 6.92 Å². The number of nitrogens with one attached hydrogen (secondary N) is 1. The van der Waals surface area contributed by atoms with Gasteiger partial charge in [-0.3, -0.25) is 0 Å². The lowest BCUT2D eigenvalue weighted by Gasteiger charge is -2.24. The second kappa shape index (κ2) is 7.84. The molecule has 0 bridgehead atoms. The lowest BCUT2D eigenvalue weighted by molar-refractivity contribution is 0.280. The minimum atomic E-state index is 0.0289. The van der Waals surface area contributed by atoms with Crippen LogP contribution in [-0.4, -0.2) is 53.0 Å². The van der Waals surface area contributed by atoms with E-state index in [1.54, 1.807) is 0 Å². The van der Waals surface area contributed by atoms with Crippen molar-refractivity contribution in [2.45, 2.75) is 20.3 Å². The van der Waals surface area contributed by atoms with Gasteiger partial charge >= 0.3 is 0 Å². The van der Waals surface area contributed by atoms with E-state index in [1.165, 1.54) is 6.33 Å². The zero-order chi connectivity index (χ0) is 13.4. The van der Waals surface area contributed by atoms with Gasteiger partial charge in [-0.15, -0.1) is 0 Å². The summed E-state index contributed by atoms with van der Waals surface area (Å²) in [4.78, 5) is 10.3. The molecule has 1 heterocycles. The first-order chi connectivity index (χ1) is 8.74. The van der Waals surface area contributed by atoms with E-state index >= 15 is 0 Å². The number of hydrogen-bond donors (Lipinski definition) is 3. The van der Waals surface area contributed by atoms with Crippen molar-refractivity contribution in [1.82, 2.24) is 9.97 Å². The second-order valence-electron chi connectivity index (χ2n) is 4.03. The molecule has 0 aromatic carbocycles. The maximum Gasteiger partial charge on any atom is 0.137 e. The Labute approximate surface area is 108 Å². The lowest BCUT2D eigenvalue weighted by atomic mass is 10.2. The molecule has 0 aliphatic carbocycles. The number of hydrogen-bond acceptors (Lipinski definition) is 6. The largest absolute Gasteiger partial charge is 0.395 e. The van der Waals surface area contributed by atoms with Crippen LogP contribution in [0.4, 0.5) is 11.6 Å². The van der Waals surface area contributed by atoms with Crippen molar-refractivity contribution in [3.8, 4) is 0 Å². The van der Waals surface area contributed by atoms with Crippen LogP contribution in [0.25, 0.3) is 0 Å². The molecule has 102 valence electrons. The molecule has 6 heteroatoms. The summed E-state index contributed by atoms with van der Waals surface area (Å²) in [7, 11) is 0. The molecular formula is C12H22N4O2. The first kappa shape index (κ1) is 14.7. The van der Waals surface area contributed by atoms with Crippen molar-refractivity contribution in [2.24, 2.45) is 0 Å². The van der Waals surface area contributed by atoms with E-state index in [4.69, 9.17) is 10.2 Å². The van der Waals surface area contributed by atoms with Crippen LogP contribution in [0.15, 0.2) is 6.33 Å². The quantitative estimate of drug-likeness (QED) is 0.623. The molecule has 0 saturated carbocycles. The normalized spacial score (nSPS) is 10.4. The highest BCUT2D eigenvalue weighted by molar-refractivity contribution is 5.57. The van der Waals surface area contributed by atoms with E-state index < -0.39 is 0 Å². The second-order valence-corrected chi connectivity index (χ2v) is 4.03. The number of anilines is 2. The van der Waals surface area contributed by atoms with E-state index in [9.17, 15) is 0 Å². The summed E-state index contributed by atoms with van der Waals surface area (Å²) in [6, 6.07) is 0. The van der Waals surface area contributed by atoms with Crippen molar-refractivity contribution in [1.29, 1.82) is 0 Å². The molecular weight excluding hydrogens is 232 g/mol. The predicted molar refractivity (Wildman–Crippen MR) is 71.9 cm³/mol. The summed E-state index contributed by atoms with van der Waals surface area (Å²) < 4.78 is 0. The van der Waals surface area contributed by atoms with E-state index in [0.29, 0.717) is 13.1 Å². The number of aromatic nitrogens is 2. The summed E-state index contributed by atoms with van der Waals surface area (Å²) in [5, 5.41) is 21.3. The Kier molecular flexibility index (Phi) is 6.38. The fraction of sp³-hybridized carbons (Fsp3) is 0.667. The molecule has 0 atom stereocenters. The van der Waals surface area contributed by atoms with Gasteiger partial charge in [0.05, 0.1) is 13.2 Å². The number of rotatable bonds is 8. The molecule has 0 unspecified atom stereocenters. The van der Waals surface area contributed by atoms with Gasteiger partial charge in [0.25, 0.3) is 0 Å². The maximum absolute atomic E-state index is 9.04. The van der Waals surface area contributed by atoms with Gasteiger partial charge < -0.3 is 20.4 Å². The molecule has 1 rings (SSSR count). The van der Waals surface area contributed by atoms with Crippen LogP contribution in [0.1, 0.15) is 18.9 Å². The zero-order valence-corrected chi connectivity index (χ0v) is 11.1. The summed E-state index contributed by atoms with van der Waals surface area (Å²) >= 11 is 0. The van der Waals surface area contributed by atoms with E-state index in [-0.39, 0.29) is 13.2 Å². The van der Waals surface area contributed by atoms with Gasteiger partial charge in [-0.1, -0.05) is 6.92 Å². The third kappa shape index (κ3) is 3.82. The van der Waals surface area contributed by atoms with Crippen LogP contribution in [0.2, 0.25) is 0 Å². The smallest absolute Gasteiger partial charge is 0.137 e. The van der Waals surface area contributed by atoms with Crippen molar-refractivity contribution < 1.29 is 10.2 Å². The molecule has 6 nitrogen and oxygen atoms in total. The molecule has 0 fully saturated rings. The fourth-order valence-electron chi connectivity index (χ4n) is 1.75. The van der Waals surface area contributed by atoms with Gasteiger partial charge in [-0.05, 0) is 13.3 Å². The van der Waals surface area contributed by atoms with E-state index in [2.05, 4.69) is 22.2 Å². The average molecular weight is 254 g/mol. The number of aliphatic hydroxyl groups is 2. The van der Waals surface area contributed by atoms with Gasteiger partial charge in [0.1, 0.15) is 18.0 Å². The standard InChI is InChI=1S/C12H22N4O2/c1-3-4-13-11-10(2)12(15-9-14-11)16(5-7-17)6-8-18/h9,17-18H,3-8H2,1-2H3,(H,13,14,15). The third-order valence-corrected chi connectivity index (χ3v) is 2.64.